The van der Waals surface area contributed by atoms with E-state index in [0.29, 0.717) is 10.0 Å². The van der Waals surface area contributed by atoms with Crippen LogP contribution >= 0.6 is 22.9 Å². The summed E-state index contributed by atoms with van der Waals surface area (Å²) in [5.74, 6) is 0.251. The lowest BCUT2D eigenvalue weighted by Crippen LogP contribution is -2.40. The van der Waals surface area contributed by atoms with Gasteiger partial charge in [-0.2, -0.15) is 0 Å². The summed E-state index contributed by atoms with van der Waals surface area (Å²) in [4.78, 5) is 4.24. The van der Waals surface area contributed by atoms with Crippen LogP contribution in [-0.4, -0.2) is 20.4 Å². The van der Waals surface area contributed by atoms with E-state index in [1.165, 1.54) is 0 Å². The number of guanidine groups is 1. The molecule has 0 saturated carbocycles. The SMILES string of the molecule is CC[C@H](C)N=C1Nc2cc(Cl)sc2S(=O)(=O)N1. The van der Waals surface area contributed by atoms with Crippen LogP contribution in [0.2, 0.25) is 4.34 Å². The topological polar surface area (TPSA) is 70.6 Å². The molecule has 0 spiro atoms. The third-order valence-electron chi connectivity index (χ3n) is 2.34. The summed E-state index contributed by atoms with van der Waals surface area (Å²) in [6.45, 7) is 3.90. The molecule has 2 heterocycles. The van der Waals surface area contributed by atoms with Gasteiger partial charge in [-0.15, -0.1) is 11.3 Å². The Kier molecular flexibility index (Phi) is 3.33. The van der Waals surface area contributed by atoms with E-state index in [0.717, 1.165) is 17.8 Å². The highest BCUT2D eigenvalue weighted by molar-refractivity contribution is 7.92. The lowest BCUT2D eigenvalue weighted by molar-refractivity contribution is 0.593. The lowest BCUT2D eigenvalue weighted by atomic mass is 10.3. The summed E-state index contributed by atoms with van der Waals surface area (Å²) in [7, 11) is -3.53. The van der Waals surface area contributed by atoms with Crippen LogP contribution in [0.4, 0.5) is 5.69 Å². The van der Waals surface area contributed by atoms with Gasteiger partial charge in [0.1, 0.15) is 0 Å². The normalized spacial score (nSPS) is 21.5. The Morgan fingerprint density at radius 2 is 2.29 bits per heavy atom. The van der Waals surface area contributed by atoms with Crippen LogP contribution in [0.15, 0.2) is 15.3 Å². The molecule has 0 amide bonds. The molecule has 8 heteroatoms. The van der Waals surface area contributed by atoms with Crippen molar-refractivity contribution in [3.05, 3.63) is 10.4 Å². The number of aliphatic imine (C=N–C) groups is 1. The maximum atomic E-state index is 11.9. The molecule has 1 aliphatic rings. The highest BCUT2D eigenvalue weighted by atomic mass is 35.5. The van der Waals surface area contributed by atoms with Crippen molar-refractivity contribution >= 4 is 44.6 Å². The number of hydrogen-bond acceptors (Lipinski definition) is 4. The van der Waals surface area contributed by atoms with Crippen molar-refractivity contribution in [1.82, 2.24) is 4.72 Å². The Labute approximate surface area is 109 Å². The molecule has 2 N–H and O–H groups in total. The van der Waals surface area contributed by atoms with E-state index in [-0.39, 0.29) is 16.2 Å². The Hall–Kier alpha value is -0.790. The van der Waals surface area contributed by atoms with Crippen LogP contribution < -0.4 is 10.0 Å². The van der Waals surface area contributed by atoms with Crippen molar-refractivity contribution < 1.29 is 8.42 Å². The van der Waals surface area contributed by atoms with Gasteiger partial charge in [-0.25, -0.2) is 18.1 Å². The first-order valence-electron chi connectivity index (χ1n) is 5.09. The number of nitrogens with zero attached hydrogens (tertiary/aromatic N) is 1. The predicted molar refractivity (Wildman–Crippen MR) is 70.5 cm³/mol. The number of fused-ring (bicyclic) bond motifs is 1. The number of sulfonamides is 1. The van der Waals surface area contributed by atoms with Gasteiger partial charge >= 0.3 is 0 Å². The van der Waals surface area contributed by atoms with Gasteiger partial charge in [0.2, 0.25) is 5.96 Å². The molecule has 2 rings (SSSR count). The van der Waals surface area contributed by atoms with Crippen molar-refractivity contribution in [3.63, 3.8) is 0 Å². The third kappa shape index (κ3) is 2.56. The summed E-state index contributed by atoms with van der Waals surface area (Å²) in [6, 6.07) is 1.64. The van der Waals surface area contributed by atoms with Crippen LogP contribution in [0.25, 0.3) is 0 Å². The van der Waals surface area contributed by atoms with Gasteiger partial charge in [-0.3, -0.25) is 0 Å². The van der Waals surface area contributed by atoms with Crippen molar-refractivity contribution in [3.8, 4) is 0 Å². The molecule has 1 aromatic heterocycles. The Morgan fingerprint density at radius 1 is 1.59 bits per heavy atom. The number of hydrogen-bond donors (Lipinski definition) is 2. The van der Waals surface area contributed by atoms with Gasteiger partial charge in [0.25, 0.3) is 10.0 Å². The smallest absolute Gasteiger partial charge is 0.275 e. The number of nitrogens with one attached hydrogen (secondary N) is 2. The fourth-order valence-electron chi connectivity index (χ4n) is 1.33. The van der Waals surface area contributed by atoms with E-state index < -0.39 is 10.0 Å². The molecule has 1 aliphatic heterocycles. The molecule has 0 aromatic carbocycles. The third-order valence-corrected chi connectivity index (χ3v) is 5.47. The van der Waals surface area contributed by atoms with E-state index in [9.17, 15) is 8.42 Å². The molecule has 0 fully saturated rings. The summed E-state index contributed by atoms with van der Waals surface area (Å²) < 4.78 is 26.8. The Morgan fingerprint density at radius 3 is 2.94 bits per heavy atom. The second-order valence-corrected chi connectivity index (χ2v) is 7.28. The molecule has 1 aromatic rings. The second kappa shape index (κ2) is 4.47. The molecule has 5 nitrogen and oxygen atoms in total. The zero-order chi connectivity index (χ0) is 12.6. The molecule has 0 bridgehead atoms. The number of rotatable bonds is 2. The highest BCUT2D eigenvalue weighted by Gasteiger charge is 2.29. The summed E-state index contributed by atoms with van der Waals surface area (Å²) in [5.41, 5.74) is 0.487. The lowest BCUT2D eigenvalue weighted by Gasteiger charge is -2.19. The molecule has 1 atom stereocenters. The first-order chi connectivity index (χ1) is 7.92. The summed E-state index contributed by atoms with van der Waals surface area (Å²) in [5, 5.41) is 2.92. The minimum absolute atomic E-state index is 0.0517. The van der Waals surface area contributed by atoms with Gasteiger partial charge in [0, 0.05) is 0 Å². The number of halogens is 1. The van der Waals surface area contributed by atoms with Crippen LogP contribution in [0.5, 0.6) is 0 Å². The summed E-state index contributed by atoms with van der Waals surface area (Å²) >= 11 is 6.83. The molecule has 0 saturated heterocycles. The van der Waals surface area contributed by atoms with E-state index in [1.54, 1.807) is 6.07 Å². The Balaban J connectivity index is 2.41. The number of anilines is 1. The van der Waals surface area contributed by atoms with E-state index in [1.807, 2.05) is 13.8 Å². The average Bonchev–Trinajstić information content (AvgIpc) is 2.58. The zero-order valence-electron chi connectivity index (χ0n) is 9.32. The monoisotopic (exact) mass is 293 g/mol. The predicted octanol–water partition coefficient (Wildman–Crippen LogP) is 2.26. The van der Waals surface area contributed by atoms with Crippen molar-refractivity contribution in [2.75, 3.05) is 5.32 Å². The molecular weight excluding hydrogens is 282 g/mol. The first-order valence-corrected chi connectivity index (χ1v) is 7.77. The maximum absolute atomic E-state index is 11.9. The first kappa shape index (κ1) is 12.7. The van der Waals surface area contributed by atoms with Gasteiger partial charge in [-0.05, 0) is 19.4 Å². The molecule has 0 radical (unpaired) electrons. The molecule has 0 aliphatic carbocycles. The van der Waals surface area contributed by atoms with Crippen molar-refractivity contribution in [2.45, 2.75) is 30.5 Å². The van der Waals surface area contributed by atoms with Crippen LogP contribution in [0, 0.1) is 0 Å². The van der Waals surface area contributed by atoms with Crippen LogP contribution in [0.1, 0.15) is 20.3 Å². The molecule has 17 heavy (non-hydrogen) atoms. The second-order valence-electron chi connectivity index (χ2n) is 3.72. The molecule has 94 valence electrons. The highest BCUT2D eigenvalue weighted by Crippen LogP contribution is 2.36. The van der Waals surface area contributed by atoms with E-state index >= 15 is 0 Å². The van der Waals surface area contributed by atoms with E-state index in [4.69, 9.17) is 11.6 Å². The van der Waals surface area contributed by atoms with Gasteiger partial charge in [0.15, 0.2) is 4.21 Å². The van der Waals surface area contributed by atoms with Gasteiger partial charge in [-0.1, -0.05) is 18.5 Å². The standard InChI is InChI=1S/C9H12ClN3O2S2/c1-3-5(2)11-9-12-6-4-7(10)16-8(6)17(14,15)13-9/h4-5H,3H2,1-2H3,(H2,11,12,13)/t5-/m0/s1. The Bertz CT molecular complexity index is 565. The zero-order valence-corrected chi connectivity index (χ0v) is 11.7. The largest absolute Gasteiger partial charge is 0.324 e. The number of thiophene rings is 1. The van der Waals surface area contributed by atoms with Gasteiger partial charge < -0.3 is 5.32 Å². The summed E-state index contributed by atoms with van der Waals surface area (Å²) in [6.07, 6.45) is 0.837. The quantitative estimate of drug-likeness (QED) is 0.878. The maximum Gasteiger partial charge on any atom is 0.275 e. The van der Waals surface area contributed by atoms with Crippen molar-refractivity contribution in [1.29, 1.82) is 0 Å². The van der Waals surface area contributed by atoms with Gasteiger partial charge in [0.05, 0.1) is 16.1 Å². The fraction of sp³-hybridized carbons (Fsp3) is 0.444. The minimum Gasteiger partial charge on any atom is -0.324 e. The van der Waals surface area contributed by atoms with E-state index in [2.05, 4.69) is 15.0 Å². The average molecular weight is 294 g/mol. The van der Waals surface area contributed by atoms with Crippen molar-refractivity contribution in [2.24, 2.45) is 4.99 Å². The minimum atomic E-state index is -3.53. The molecule has 0 unspecified atom stereocenters. The van der Waals surface area contributed by atoms with Crippen LogP contribution in [-0.2, 0) is 10.0 Å². The van der Waals surface area contributed by atoms with Crippen LogP contribution in [0.3, 0.4) is 0 Å². The molecular formula is C9H12ClN3O2S2. The fourth-order valence-corrected chi connectivity index (χ4v) is 4.06.